The highest BCUT2D eigenvalue weighted by atomic mass is 15.1. The molecule has 0 amide bonds. The van der Waals surface area contributed by atoms with Gasteiger partial charge in [-0.15, -0.1) is 0 Å². The first-order chi connectivity index (χ1) is 24.1. The lowest BCUT2D eigenvalue weighted by molar-refractivity contribution is 0.584. The normalized spacial score (nSPS) is 15.2. The Labute approximate surface area is 306 Å². The van der Waals surface area contributed by atoms with E-state index < -0.39 is 0 Å². The molecule has 2 aliphatic carbocycles. The van der Waals surface area contributed by atoms with Gasteiger partial charge >= 0.3 is 0 Å². The quantitative estimate of drug-likeness (QED) is 0.181. The number of benzene rings is 6. The van der Waals surface area contributed by atoms with Crippen molar-refractivity contribution < 1.29 is 0 Å². The van der Waals surface area contributed by atoms with Crippen LogP contribution in [0.5, 0.6) is 0 Å². The van der Waals surface area contributed by atoms with Gasteiger partial charge in [0.05, 0.1) is 5.69 Å². The average molecular weight is 666 g/mol. The summed E-state index contributed by atoms with van der Waals surface area (Å²) in [4.78, 5) is 2.51. The number of fused-ring (bicyclic) bond motifs is 6. The highest BCUT2D eigenvalue weighted by Gasteiger charge is 2.38. The van der Waals surface area contributed by atoms with Crippen LogP contribution in [0.3, 0.4) is 0 Å². The Morgan fingerprint density at radius 3 is 1.39 bits per heavy atom. The smallest absolute Gasteiger partial charge is 0.0540 e. The zero-order chi connectivity index (χ0) is 36.1. The fourth-order valence-electron chi connectivity index (χ4n) is 8.65. The maximum Gasteiger partial charge on any atom is 0.0540 e. The lowest BCUT2D eigenvalue weighted by Gasteiger charge is -2.31. The van der Waals surface area contributed by atoms with E-state index in [1.807, 2.05) is 0 Å². The van der Waals surface area contributed by atoms with E-state index in [1.165, 1.54) is 83.8 Å². The van der Waals surface area contributed by atoms with E-state index in [0.29, 0.717) is 0 Å². The molecule has 8 rings (SSSR count). The molecular weight excluding hydrogens is 615 g/mol. The summed E-state index contributed by atoms with van der Waals surface area (Å²) in [6, 6.07) is 48.5. The van der Waals surface area contributed by atoms with Crippen LogP contribution in [-0.2, 0) is 21.7 Å². The number of anilines is 3. The monoisotopic (exact) mass is 665 g/mol. The average Bonchev–Trinajstić information content (AvgIpc) is 3.47. The van der Waals surface area contributed by atoms with Crippen LogP contribution in [0.15, 0.2) is 127 Å². The molecule has 0 fully saturated rings. The lowest BCUT2D eigenvalue weighted by atomic mass is 9.79. The zero-order valence-corrected chi connectivity index (χ0v) is 32.1. The van der Waals surface area contributed by atoms with Gasteiger partial charge < -0.3 is 4.90 Å². The molecule has 2 aliphatic rings. The Balaban J connectivity index is 1.33. The molecule has 6 aromatic rings. The molecule has 256 valence electrons. The first-order valence-electron chi connectivity index (χ1n) is 18.6. The van der Waals surface area contributed by atoms with Crippen molar-refractivity contribution in [2.45, 2.75) is 90.9 Å². The second kappa shape index (κ2) is 11.3. The summed E-state index contributed by atoms with van der Waals surface area (Å²) in [6.07, 6.45) is 0. The summed E-state index contributed by atoms with van der Waals surface area (Å²) in [5, 5.41) is 0. The van der Waals surface area contributed by atoms with Crippen LogP contribution in [0.2, 0.25) is 0 Å². The Morgan fingerprint density at radius 2 is 0.824 bits per heavy atom. The van der Waals surface area contributed by atoms with Gasteiger partial charge in [-0.25, -0.2) is 0 Å². The van der Waals surface area contributed by atoms with Crippen LogP contribution in [0.4, 0.5) is 17.1 Å². The van der Waals surface area contributed by atoms with Crippen LogP contribution in [0.25, 0.3) is 33.4 Å². The van der Waals surface area contributed by atoms with Crippen LogP contribution in [0, 0.1) is 0 Å². The molecule has 0 spiro atoms. The summed E-state index contributed by atoms with van der Waals surface area (Å²) in [5.74, 6) is 0. The van der Waals surface area contributed by atoms with E-state index in [1.54, 1.807) is 0 Å². The fourth-order valence-corrected chi connectivity index (χ4v) is 8.65. The highest BCUT2D eigenvalue weighted by Crippen LogP contribution is 2.54. The molecule has 0 radical (unpaired) electrons. The van der Waals surface area contributed by atoms with Crippen molar-refractivity contribution in [2.75, 3.05) is 4.90 Å². The molecule has 51 heavy (non-hydrogen) atoms. The number of para-hydroxylation sites is 1. The zero-order valence-electron chi connectivity index (χ0n) is 32.1. The summed E-state index contributed by atoms with van der Waals surface area (Å²) >= 11 is 0. The summed E-state index contributed by atoms with van der Waals surface area (Å²) in [5.41, 5.74) is 19.6. The molecule has 0 saturated heterocycles. The van der Waals surface area contributed by atoms with Crippen molar-refractivity contribution in [3.63, 3.8) is 0 Å². The van der Waals surface area contributed by atoms with Gasteiger partial charge in [0.15, 0.2) is 0 Å². The Morgan fingerprint density at radius 1 is 0.392 bits per heavy atom. The Bertz CT molecular complexity index is 2320. The highest BCUT2D eigenvalue weighted by molar-refractivity contribution is 5.92. The van der Waals surface area contributed by atoms with Crippen molar-refractivity contribution in [2.24, 2.45) is 0 Å². The molecule has 1 nitrogen and oxygen atoms in total. The molecule has 1 heteroatoms. The van der Waals surface area contributed by atoms with Crippen molar-refractivity contribution in [1.29, 1.82) is 0 Å². The fraction of sp³-hybridized carbons (Fsp3) is 0.280. The Kier molecular flexibility index (Phi) is 7.38. The van der Waals surface area contributed by atoms with Gasteiger partial charge in [0.1, 0.15) is 0 Å². The van der Waals surface area contributed by atoms with E-state index >= 15 is 0 Å². The number of hydrogen-bond donors (Lipinski definition) is 0. The minimum Gasteiger partial charge on any atom is -0.310 e. The molecule has 0 aliphatic heterocycles. The second-order valence-electron chi connectivity index (χ2n) is 17.9. The molecular formula is C50H51N. The summed E-state index contributed by atoms with van der Waals surface area (Å²) in [6.45, 7) is 23.3. The first-order valence-corrected chi connectivity index (χ1v) is 18.6. The van der Waals surface area contributed by atoms with E-state index in [-0.39, 0.29) is 21.7 Å². The topological polar surface area (TPSA) is 3.24 Å². The molecule has 0 saturated carbocycles. The van der Waals surface area contributed by atoms with Gasteiger partial charge in [0.2, 0.25) is 0 Å². The molecule has 0 atom stereocenters. The SMILES string of the molecule is CC(C)(C)c1ccc(-c2ccccc2N(c2ccc3c(c2)C(C)(C)c2ccccc2-3)c2ccc3c(c2)C(C)(C)c2cc(C(C)(C)C)ccc2-3)cc1. The minimum atomic E-state index is -0.127. The molecule has 0 heterocycles. The summed E-state index contributed by atoms with van der Waals surface area (Å²) < 4.78 is 0. The van der Waals surface area contributed by atoms with E-state index in [4.69, 9.17) is 0 Å². The van der Waals surface area contributed by atoms with Gasteiger partial charge in [-0.3, -0.25) is 0 Å². The third-order valence-electron chi connectivity index (χ3n) is 11.8. The van der Waals surface area contributed by atoms with E-state index in [9.17, 15) is 0 Å². The molecule has 0 unspecified atom stereocenters. The Hall–Kier alpha value is -4.88. The van der Waals surface area contributed by atoms with Crippen LogP contribution in [0.1, 0.15) is 103 Å². The number of rotatable bonds is 4. The van der Waals surface area contributed by atoms with Gasteiger partial charge in [0.25, 0.3) is 0 Å². The van der Waals surface area contributed by atoms with Gasteiger partial charge in [-0.2, -0.15) is 0 Å². The maximum absolute atomic E-state index is 2.51. The van der Waals surface area contributed by atoms with Crippen molar-refractivity contribution >= 4 is 17.1 Å². The number of nitrogens with zero attached hydrogens (tertiary/aromatic N) is 1. The first kappa shape index (κ1) is 33.3. The molecule has 6 aromatic carbocycles. The molecule has 0 aromatic heterocycles. The van der Waals surface area contributed by atoms with Gasteiger partial charge in [-0.05, 0) is 102 Å². The van der Waals surface area contributed by atoms with Crippen LogP contribution >= 0.6 is 0 Å². The van der Waals surface area contributed by atoms with E-state index in [2.05, 4.69) is 202 Å². The van der Waals surface area contributed by atoms with Crippen molar-refractivity contribution in [3.05, 3.63) is 161 Å². The second-order valence-corrected chi connectivity index (χ2v) is 17.9. The van der Waals surface area contributed by atoms with Crippen LogP contribution < -0.4 is 4.90 Å². The predicted octanol–water partition coefficient (Wildman–Crippen LogP) is 14.0. The van der Waals surface area contributed by atoms with Gasteiger partial charge in [-0.1, -0.05) is 166 Å². The largest absolute Gasteiger partial charge is 0.310 e. The lowest BCUT2D eigenvalue weighted by Crippen LogP contribution is -2.19. The molecule has 0 N–H and O–H groups in total. The molecule has 0 bridgehead atoms. The van der Waals surface area contributed by atoms with Crippen LogP contribution in [-0.4, -0.2) is 0 Å². The van der Waals surface area contributed by atoms with Gasteiger partial charge in [0, 0.05) is 27.8 Å². The maximum atomic E-state index is 2.51. The van der Waals surface area contributed by atoms with E-state index in [0.717, 1.165) is 0 Å². The summed E-state index contributed by atoms with van der Waals surface area (Å²) in [7, 11) is 0. The third-order valence-corrected chi connectivity index (χ3v) is 11.8. The van der Waals surface area contributed by atoms with Crippen molar-refractivity contribution in [3.8, 4) is 33.4 Å². The third kappa shape index (κ3) is 5.27. The predicted molar refractivity (Wildman–Crippen MR) is 219 cm³/mol. The minimum absolute atomic E-state index is 0.0949. The number of hydrogen-bond acceptors (Lipinski definition) is 1. The standard InChI is InChI=1S/C50H51N/c1-47(2,3)33-21-19-32(20-22-33)37-15-12-14-18-46(37)51(35-24-27-40-38-16-11-13-17-42(38)49(7,8)44(40)30-35)36-25-28-41-39-26-23-34(48(4,5)6)29-43(39)50(9,10)45(41)31-36/h11-31H,1-10H3. The van der Waals surface area contributed by atoms with Crippen molar-refractivity contribution in [1.82, 2.24) is 0 Å².